The molecule has 2 N–H and O–H groups in total. The molecule has 1 aromatic rings. The van der Waals surface area contributed by atoms with E-state index in [0.29, 0.717) is 30.8 Å². The maximum Gasteiger partial charge on any atom is 0.329 e. The van der Waals surface area contributed by atoms with Crippen molar-refractivity contribution in [2.45, 2.75) is 58.7 Å². The van der Waals surface area contributed by atoms with Crippen LogP contribution in [-0.4, -0.2) is 54.0 Å². The van der Waals surface area contributed by atoms with Crippen LogP contribution in [0, 0.1) is 5.41 Å². The second-order valence-electron chi connectivity index (χ2n) is 7.87. The van der Waals surface area contributed by atoms with E-state index in [1.807, 2.05) is 39.0 Å². The first kappa shape index (κ1) is 22.9. The van der Waals surface area contributed by atoms with Gasteiger partial charge in [-0.2, -0.15) is 0 Å². The summed E-state index contributed by atoms with van der Waals surface area (Å²) in [4.78, 5) is 38.0. The summed E-state index contributed by atoms with van der Waals surface area (Å²) in [6, 6.07) is 5.32. The van der Waals surface area contributed by atoms with Gasteiger partial charge in [0.15, 0.2) is 11.5 Å². The van der Waals surface area contributed by atoms with Gasteiger partial charge in [-0.1, -0.05) is 33.3 Å². The summed E-state index contributed by atoms with van der Waals surface area (Å²) in [6.07, 6.45) is 1.86. The van der Waals surface area contributed by atoms with Gasteiger partial charge in [0.05, 0.1) is 11.5 Å². The Morgan fingerprint density at radius 3 is 2.61 bits per heavy atom. The molecule has 2 atom stereocenters. The molecule has 3 rings (SSSR count). The summed E-state index contributed by atoms with van der Waals surface area (Å²) >= 11 is 0. The number of nitrogens with one attached hydrogen (secondary N) is 1. The molecule has 0 aromatic heterocycles. The quantitative estimate of drug-likeness (QED) is 0.514. The van der Waals surface area contributed by atoms with E-state index in [4.69, 9.17) is 19.3 Å². The van der Waals surface area contributed by atoms with E-state index in [0.717, 1.165) is 12.0 Å². The van der Waals surface area contributed by atoms with Crippen molar-refractivity contribution in [1.29, 1.82) is 0 Å². The van der Waals surface area contributed by atoms with Crippen molar-refractivity contribution in [3.63, 3.8) is 0 Å². The van der Waals surface area contributed by atoms with Crippen molar-refractivity contribution < 1.29 is 33.7 Å². The van der Waals surface area contributed by atoms with Crippen molar-refractivity contribution in [3.8, 4) is 11.5 Å². The van der Waals surface area contributed by atoms with Crippen molar-refractivity contribution >= 4 is 17.8 Å². The van der Waals surface area contributed by atoms with Crippen LogP contribution in [0.3, 0.4) is 0 Å². The molecule has 0 radical (unpaired) electrons. The first-order valence-electron chi connectivity index (χ1n) is 10.7. The number of carbonyl (C=O) groups excluding carboxylic acids is 2. The Morgan fingerprint density at radius 2 is 1.97 bits per heavy atom. The zero-order chi connectivity index (χ0) is 22.6. The van der Waals surface area contributed by atoms with Crippen LogP contribution in [0.1, 0.15) is 58.1 Å². The molecule has 2 aliphatic rings. The van der Waals surface area contributed by atoms with Gasteiger partial charge in [-0.15, -0.1) is 0 Å². The number of likely N-dealkylation sites (tertiary alicyclic amines) is 1. The Kier molecular flexibility index (Phi) is 7.04. The van der Waals surface area contributed by atoms with Crippen LogP contribution in [0.4, 0.5) is 0 Å². The molecule has 170 valence electrons. The van der Waals surface area contributed by atoms with E-state index in [1.165, 1.54) is 4.90 Å². The van der Waals surface area contributed by atoms with Crippen LogP contribution in [0.15, 0.2) is 18.2 Å². The highest BCUT2D eigenvalue weighted by Crippen LogP contribution is 2.45. The minimum atomic E-state index is -1.12. The fourth-order valence-electron chi connectivity index (χ4n) is 4.32. The smallest absolute Gasteiger partial charge is 0.329 e. The third-order valence-corrected chi connectivity index (χ3v) is 6.09. The second-order valence-corrected chi connectivity index (χ2v) is 7.87. The third kappa shape index (κ3) is 4.46. The first-order valence-corrected chi connectivity index (χ1v) is 10.7. The lowest BCUT2D eigenvalue weighted by molar-refractivity contribution is -0.225. The Hall–Kier alpha value is -2.81. The van der Waals surface area contributed by atoms with Gasteiger partial charge in [0, 0.05) is 0 Å². The number of aliphatic carboxylic acids is 1. The molecule has 0 spiro atoms. The molecule has 9 heteroatoms. The van der Waals surface area contributed by atoms with Gasteiger partial charge in [0.1, 0.15) is 19.4 Å². The molecule has 31 heavy (non-hydrogen) atoms. The van der Waals surface area contributed by atoms with Gasteiger partial charge < -0.3 is 29.5 Å². The standard InChI is InChI=1S/C22H30N2O7/c1-4-7-15(14-8-9-16-17(10-14)31-13-30-16)23-18(25)11-24-20(28)22(5-2,6-3)21(24)29-12-19(26)27/h8-10,15,21H,4-7,11-13H2,1-3H3,(H,23,25)(H,26,27)/t15-,21+/m1/s1. The summed E-state index contributed by atoms with van der Waals surface area (Å²) in [5.41, 5.74) is 0.111. The van der Waals surface area contributed by atoms with Gasteiger partial charge in [0.25, 0.3) is 0 Å². The highest BCUT2D eigenvalue weighted by molar-refractivity contribution is 5.93. The predicted octanol–water partition coefficient (Wildman–Crippen LogP) is 2.45. The van der Waals surface area contributed by atoms with Gasteiger partial charge >= 0.3 is 5.97 Å². The Labute approximate surface area is 181 Å². The van der Waals surface area contributed by atoms with Crippen LogP contribution in [-0.2, 0) is 19.1 Å². The van der Waals surface area contributed by atoms with E-state index < -0.39 is 24.2 Å². The molecule has 9 nitrogen and oxygen atoms in total. The lowest BCUT2D eigenvalue weighted by Gasteiger charge is -2.54. The molecule has 0 aliphatic carbocycles. The van der Waals surface area contributed by atoms with Crippen LogP contribution < -0.4 is 14.8 Å². The zero-order valence-corrected chi connectivity index (χ0v) is 18.2. The molecule has 0 unspecified atom stereocenters. The lowest BCUT2D eigenvalue weighted by Crippen LogP contribution is -2.71. The summed E-state index contributed by atoms with van der Waals surface area (Å²) in [5.74, 6) is -0.308. The highest BCUT2D eigenvalue weighted by atomic mass is 16.7. The van der Waals surface area contributed by atoms with Crippen LogP contribution >= 0.6 is 0 Å². The number of nitrogens with zero attached hydrogens (tertiary/aromatic N) is 1. The number of amides is 2. The Bertz CT molecular complexity index is 837. The number of carbonyl (C=O) groups is 3. The average Bonchev–Trinajstić information content (AvgIpc) is 3.22. The fourth-order valence-corrected chi connectivity index (χ4v) is 4.32. The molecule has 2 heterocycles. The number of carboxylic acid groups (broad SMARTS) is 1. The number of hydrogen-bond donors (Lipinski definition) is 2. The monoisotopic (exact) mass is 434 g/mol. The Balaban J connectivity index is 1.69. The number of carboxylic acids is 1. The summed E-state index contributed by atoms with van der Waals surface area (Å²) in [7, 11) is 0. The molecule has 0 bridgehead atoms. The number of benzene rings is 1. The molecule has 2 aliphatic heterocycles. The highest BCUT2D eigenvalue weighted by Gasteiger charge is 2.59. The SMILES string of the molecule is CCC[C@@H](NC(=O)CN1C(=O)C(CC)(CC)[C@@H]1OCC(=O)O)c1ccc2c(c1)OCO2. The number of ether oxygens (including phenoxy) is 3. The maximum atomic E-state index is 12.8. The normalized spacial score (nSPS) is 19.6. The van der Waals surface area contributed by atoms with E-state index >= 15 is 0 Å². The summed E-state index contributed by atoms with van der Waals surface area (Å²) < 4.78 is 16.3. The van der Waals surface area contributed by atoms with Crippen molar-refractivity contribution in [2.24, 2.45) is 5.41 Å². The third-order valence-electron chi connectivity index (χ3n) is 6.09. The lowest BCUT2D eigenvalue weighted by atomic mass is 9.71. The molecular formula is C22H30N2O7. The predicted molar refractivity (Wildman–Crippen MR) is 110 cm³/mol. The number of β-lactam (4-membered cyclic amide) rings is 1. The Morgan fingerprint density at radius 1 is 1.26 bits per heavy atom. The zero-order valence-electron chi connectivity index (χ0n) is 18.2. The second kappa shape index (κ2) is 9.55. The van der Waals surface area contributed by atoms with Gasteiger partial charge in [-0.05, 0) is 37.0 Å². The van der Waals surface area contributed by atoms with Crippen LogP contribution in [0.2, 0.25) is 0 Å². The summed E-state index contributed by atoms with van der Waals surface area (Å²) in [6.45, 7) is 5.23. The van der Waals surface area contributed by atoms with E-state index in [9.17, 15) is 14.4 Å². The van der Waals surface area contributed by atoms with Gasteiger partial charge in [-0.3, -0.25) is 9.59 Å². The van der Waals surface area contributed by atoms with E-state index in [2.05, 4.69) is 5.32 Å². The van der Waals surface area contributed by atoms with Crippen molar-refractivity contribution in [2.75, 3.05) is 19.9 Å². The minimum absolute atomic E-state index is 0.176. The minimum Gasteiger partial charge on any atom is -0.480 e. The number of rotatable bonds is 11. The average molecular weight is 434 g/mol. The maximum absolute atomic E-state index is 12.8. The fraction of sp³-hybridized carbons (Fsp3) is 0.591. The largest absolute Gasteiger partial charge is 0.480 e. The number of fused-ring (bicyclic) bond motifs is 1. The van der Waals surface area contributed by atoms with Gasteiger partial charge in [-0.25, -0.2) is 4.79 Å². The van der Waals surface area contributed by atoms with Gasteiger partial charge in [0.2, 0.25) is 18.6 Å². The number of hydrogen-bond acceptors (Lipinski definition) is 6. The topological polar surface area (TPSA) is 114 Å². The molecule has 2 amide bonds. The molecule has 1 saturated heterocycles. The van der Waals surface area contributed by atoms with Crippen molar-refractivity contribution in [1.82, 2.24) is 10.2 Å². The molecular weight excluding hydrogens is 404 g/mol. The van der Waals surface area contributed by atoms with Crippen molar-refractivity contribution in [3.05, 3.63) is 23.8 Å². The first-order chi connectivity index (χ1) is 14.9. The van der Waals surface area contributed by atoms with E-state index in [1.54, 1.807) is 0 Å². The van der Waals surface area contributed by atoms with Crippen LogP contribution in [0.25, 0.3) is 0 Å². The molecule has 1 fully saturated rings. The summed E-state index contributed by atoms with van der Waals surface area (Å²) in [5, 5.41) is 12.0. The molecule has 0 saturated carbocycles. The van der Waals surface area contributed by atoms with E-state index in [-0.39, 0.29) is 31.2 Å². The molecule has 1 aromatic carbocycles. The van der Waals surface area contributed by atoms with Crippen LogP contribution in [0.5, 0.6) is 11.5 Å².